The van der Waals surface area contributed by atoms with Gasteiger partial charge in [-0.1, -0.05) is 0 Å². The van der Waals surface area contributed by atoms with Crippen LogP contribution in [0.1, 0.15) is 6.42 Å². The van der Waals surface area contributed by atoms with Crippen molar-refractivity contribution in [2.45, 2.75) is 12.0 Å². The van der Waals surface area contributed by atoms with Gasteiger partial charge in [0.1, 0.15) is 0 Å². The fourth-order valence-electron chi connectivity index (χ4n) is 1.26. The first-order valence-corrected chi connectivity index (χ1v) is 4.54. The molecular formula is C6H8N2O2S. The van der Waals surface area contributed by atoms with Crippen LogP contribution in [-0.2, 0) is 9.53 Å². The number of hydrogen-bond acceptors (Lipinski definition) is 4. The zero-order valence-electron chi connectivity index (χ0n) is 5.87. The Kier molecular flexibility index (Phi) is 1.35. The van der Waals surface area contributed by atoms with E-state index in [1.165, 1.54) is 0 Å². The smallest absolute Gasteiger partial charge is 0.295 e. The molecule has 1 amide bonds. The van der Waals surface area contributed by atoms with Gasteiger partial charge in [-0.2, -0.15) is 16.8 Å². The molecule has 0 radical (unpaired) electrons. The number of ether oxygens (including phenoxy) is 1. The van der Waals surface area contributed by atoms with Crippen molar-refractivity contribution in [3.63, 3.8) is 0 Å². The first-order valence-electron chi connectivity index (χ1n) is 3.38. The molecule has 0 aromatic heterocycles. The molecule has 4 nitrogen and oxygen atoms in total. The highest BCUT2D eigenvalue weighted by atomic mass is 32.2. The molecule has 2 aliphatic heterocycles. The number of thioether (sulfide) groups is 1. The average molecular weight is 172 g/mol. The minimum atomic E-state index is -0.686. The Balaban J connectivity index is 2.24. The molecule has 2 rings (SSSR count). The topological polar surface area (TPSA) is 64.7 Å². The summed E-state index contributed by atoms with van der Waals surface area (Å²) in [6, 6.07) is 0.0255. The van der Waals surface area contributed by atoms with E-state index in [-0.39, 0.29) is 11.9 Å². The standard InChI is InChI=1S/C6H8N2O2S/c7-5-8-4(9)6(10-5)1-2-11-3-6/h1-3H2,(H2,7,8,9). The minimum absolute atomic E-state index is 0.0255. The van der Waals surface area contributed by atoms with Crippen molar-refractivity contribution >= 4 is 23.7 Å². The molecule has 1 spiro atoms. The number of rotatable bonds is 0. The van der Waals surface area contributed by atoms with Gasteiger partial charge in [0.05, 0.1) is 0 Å². The summed E-state index contributed by atoms with van der Waals surface area (Å²) in [7, 11) is 0. The van der Waals surface area contributed by atoms with Crippen LogP contribution in [0.4, 0.5) is 0 Å². The van der Waals surface area contributed by atoms with Gasteiger partial charge in [0, 0.05) is 12.2 Å². The van der Waals surface area contributed by atoms with Crippen LogP contribution in [0.3, 0.4) is 0 Å². The van der Waals surface area contributed by atoms with E-state index in [0.29, 0.717) is 5.75 Å². The summed E-state index contributed by atoms with van der Waals surface area (Å²) in [5.74, 6) is 1.44. The molecule has 0 aromatic carbocycles. The summed E-state index contributed by atoms with van der Waals surface area (Å²) in [5, 5.41) is 0. The third-order valence-electron chi connectivity index (χ3n) is 1.89. The largest absolute Gasteiger partial charge is 0.447 e. The zero-order chi connectivity index (χ0) is 7.90. The van der Waals surface area contributed by atoms with E-state index >= 15 is 0 Å². The number of hydrogen-bond donors (Lipinski definition) is 1. The van der Waals surface area contributed by atoms with Crippen molar-refractivity contribution in [2.75, 3.05) is 11.5 Å². The molecular weight excluding hydrogens is 164 g/mol. The first kappa shape index (κ1) is 6.97. The van der Waals surface area contributed by atoms with Gasteiger partial charge >= 0.3 is 0 Å². The Morgan fingerprint density at radius 3 is 3.00 bits per heavy atom. The number of amidine groups is 1. The predicted molar refractivity (Wildman–Crippen MR) is 42.4 cm³/mol. The highest BCUT2D eigenvalue weighted by molar-refractivity contribution is 7.99. The van der Waals surface area contributed by atoms with Crippen LogP contribution in [0.5, 0.6) is 0 Å². The maximum absolute atomic E-state index is 11.2. The number of aliphatic imine (C=N–C) groups is 1. The molecule has 0 aromatic rings. The lowest BCUT2D eigenvalue weighted by atomic mass is 10.0. The Morgan fingerprint density at radius 1 is 1.73 bits per heavy atom. The molecule has 11 heavy (non-hydrogen) atoms. The van der Waals surface area contributed by atoms with E-state index in [1.807, 2.05) is 0 Å². The number of carbonyl (C=O) groups is 1. The van der Waals surface area contributed by atoms with Crippen molar-refractivity contribution in [1.82, 2.24) is 0 Å². The molecule has 2 N–H and O–H groups in total. The van der Waals surface area contributed by atoms with Gasteiger partial charge in [0.2, 0.25) is 5.60 Å². The Labute approximate surface area is 68.2 Å². The molecule has 5 heteroatoms. The van der Waals surface area contributed by atoms with Crippen molar-refractivity contribution in [1.29, 1.82) is 0 Å². The highest BCUT2D eigenvalue weighted by Gasteiger charge is 2.48. The highest BCUT2D eigenvalue weighted by Crippen LogP contribution is 2.34. The normalized spacial score (nSPS) is 36.0. The Hall–Kier alpha value is -0.710. The average Bonchev–Trinajstić information content (AvgIpc) is 2.45. The molecule has 0 saturated carbocycles. The quantitative estimate of drug-likeness (QED) is 0.546. The van der Waals surface area contributed by atoms with Crippen LogP contribution >= 0.6 is 11.8 Å². The van der Waals surface area contributed by atoms with Crippen LogP contribution in [-0.4, -0.2) is 29.0 Å². The van der Waals surface area contributed by atoms with Gasteiger partial charge in [0.25, 0.3) is 11.9 Å². The number of carbonyl (C=O) groups excluding carboxylic acids is 1. The summed E-state index contributed by atoms with van der Waals surface area (Å²) in [5.41, 5.74) is 4.59. The Bertz CT molecular complexity index is 233. The molecule has 1 saturated heterocycles. The lowest BCUT2D eigenvalue weighted by Gasteiger charge is -2.17. The van der Waals surface area contributed by atoms with E-state index < -0.39 is 5.60 Å². The second-order valence-corrected chi connectivity index (χ2v) is 3.76. The summed E-state index contributed by atoms with van der Waals surface area (Å²) < 4.78 is 5.18. The van der Waals surface area contributed by atoms with E-state index in [1.54, 1.807) is 11.8 Å². The maximum atomic E-state index is 11.2. The molecule has 1 unspecified atom stereocenters. The van der Waals surface area contributed by atoms with E-state index in [0.717, 1.165) is 12.2 Å². The molecule has 0 aliphatic carbocycles. The zero-order valence-corrected chi connectivity index (χ0v) is 6.69. The summed E-state index contributed by atoms with van der Waals surface area (Å²) in [6.45, 7) is 0. The van der Waals surface area contributed by atoms with Crippen LogP contribution in [0.2, 0.25) is 0 Å². The van der Waals surface area contributed by atoms with Crippen LogP contribution in [0.25, 0.3) is 0 Å². The van der Waals surface area contributed by atoms with Crippen LogP contribution in [0, 0.1) is 0 Å². The molecule has 0 bridgehead atoms. The van der Waals surface area contributed by atoms with Crippen molar-refractivity contribution < 1.29 is 9.53 Å². The van der Waals surface area contributed by atoms with Gasteiger partial charge in [-0.25, -0.2) is 0 Å². The lowest BCUT2D eigenvalue weighted by molar-refractivity contribution is -0.128. The minimum Gasteiger partial charge on any atom is -0.447 e. The molecule has 1 fully saturated rings. The summed E-state index contributed by atoms with van der Waals surface area (Å²) >= 11 is 1.70. The molecule has 2 heterocycles. The van der Waals surface area contributed by atoms with Crippen LogP contribution in [0.15, 0.2) is 4.99 Å². The van der Waals surface area contributed by atoms with E-state index in [2.05, 4.69) is 4.99 Å². The van der Waals surface area contributed by atoms with Crippen molar-refractivity contribution in [3.8, 4) is 0 Å². The number of nitrogens with two attached hydrogens (primary N) is 1. The summed E-state index contributed by atoms with van der Waals surface area (Å²) in [6.07, 6.45) is 0.737. The lowest BCUT2D eigenvalue weighted by Crippen LogP contribution is -2.37. The van der Waals surface area contributed by atoms with Gasteiger partial charge in [-0.05, 0) is 5.75 Å². The van der Waals surface area contributed by atoms with Gasteiger partial charge in [0.15, 0.2) is 0 Å². The maximum Gasteiger partial charge on any atom is 0.295 e. The molecule has 60 valence electrons. The van der Waals surface area contributed by atoms with Crippen molar-refractivity contribution in [3.05, 3.63) is 0 Å². The third kappa shape index (κ3) is 0.910. The predicted octanol–water partition coefficient (Wildman–Crippen LogP) is -0.266. The van der Waals surface area contributed by atoms with Gasteiger partial charge in [-0.15, -0.1) is 0 Å². The van der Waals surface area contributed by atoms with E-state index in [9.17, 15) is 4.79 Å². The third-order valence-corrected chi connectivity index (χ3v) is 3.05. The molecule has 2 aliphatic rings. The first-order chi connectivity index (χ1) is 5.23. The van der Waals surface area contributed by atoms with Crippen LogP contribution < -0.4 is 5.73 Å². The number of amides is 1. The fraction of sp³-hybridized carbons (Fsp3) is 0.667. The second kappa shape index (κ2) is 2.14. The fourth-order valence-corrected chi connectivity index (χ4v) is 2.54. The van der Waals surface area contributed by atoms with Gasteiger partial charge in [-0.3, -0.25) is 4.79 Å². The second-order valence-electron chi connectivity index (χ2n) is 2.65. The van der Waals surface area contributed by atoms with Gasteiger partial charge < -0.3 is 10.5 Å². The monoisotopic (exact) mass is 172 g/mol. The van der Waals surface area contributed by atoms with E-state index in [4.69, 9.17) is 10.5 Å². The van der Waals surface area contributed by atoms with Crippen molar-refractivity contribution in [2.24, 2.45) is 10.7 Å². The SMILES string of the molecule is NC1=NC(=O)C2(CCSC2)O1. The summed E-state index contributed by atoms with van der Waals surface area (Å²) in [4.78, 5) is 14.7. The molecule has 1 atom stereocenters. The number of nitrogens with zero attached hydrogens (tertiary/aromatic N) is 1. The Morgan fingerprint density at radius 2 is 2.55 bits per heavy atom.